The zero-order valence-corrected chi connectivity index (χ0v) is 14.2. The van der Waals surface area contributed by atoms with E-state index in [1.807, 2.05) is 42.8 Å². The van der Waals surface area contributed by atoms with Gasteiger partial charge in [-0.1, -0.05) is 18.2 Å². The minimum atomic E-state index is -0.539. The van der Waals surface area contributed by atoms with E-state index in [0.29, 0.717) is 5.39 Å². The second-order valence-corrected chi connectivity index (χ2v) is 6.37. The number of pyridine rings is 1. The van der Waals surface area contributed by atoms with Crippen molar-refractivity contribution in [3.63, 3.8) is 0 Å². The molecule has 0 aliphatic carbocycles. The monoisotopic (exact) mass is 341 g/mol. The van der Waals surface area contributed by atoms with Gasteiger partial charge in [-0.15, -0.1) is 11.3 Å². The number of nitrogens with two attached hydrogens (primary N) is 1. The second kappa shape index (κ2) is 7.42. The van der Waals surface area contributed by atoms with E-state index < -0.39 is 5.91 Å². The summed E-state index contributed by atoms with van der Waals surface area (Å²) in [7, 11) is 1.92. The molecule has 1 atom stereocenters. The number of hydrogen-bond donors (Lipinski definition) is 2. The largest absolute Gasteiger partial charge is 0.484 e. The van der Waals surface area contributed by atoms with Gasteiger partial charge < -0.3 is 15.8 Å². The number of primary amides is 1. The van der Waals surface area contributed by atoms with Crippen molar-refractivity contribution < 1.29 is 9.53 Å². The highest BCUT2D eigenvalue weighted by Gasteiger charge is 2.17. The number of thiophene rings is 1. The Balaban J connectivity index is 1.99. The molecular weight excluding hydrogens is 322 g/mol. The number of ether oxygens (including phenoxy) is 1. The number of carbonyl (C=O) groups is 1. The lowest BCUT2D eigenvalue weighted by Gasteiger charge is -2.19. The lowest BCUT2D eigenvalue weighted by atomic mass is 10.1. The Hall–Kier alpha value is -2.44. The van der Waals surface area contributed by atoms with Crippen LogP contribution in [0.1, 0.15) is 27.9 Å². The van der Waals surface area contributed by atoms with Crippen LogP contribution in [-0.4, -0.2) is 24.5 Å². The van der Waals surface area contributed by atoms with Gasteiger partial charge in [0.1, 0.15) is 17.5 Å². The molecule has 0 bridgehead atoms. The summed E-state index contributed by atoms with van der Waals surface area (Å²) in [6.07, 6.45) is 2.39. The quantitative estimate of drug-likeness (QED) is 0.692. The van der Waals surface area contributed by atoms with Crippen molar-refractivity contribution in [1.82, 2.24) is 10.3 Å². The first kappa shape index (κ1) is 16.4. The highest BCUT2D eigenvalue weighted by molar-refractivity contribution is 7.10. The van der Waals surface area contributed by atoms with E-state index >= 15 is 0 Å². The molecule has 1 unspecified atom stereocenters. The number of aromatic nitrogens is 1. The molecule has 3 rings (SSSR count). The second-order valence-electron chi connectivity index (χ2n) is 5.39. The van der Waals surface area contributed by atoms with Gasteiger partial charge in [0.2, 0.25) is 0 Å². The van der Waals surface area contributed by atoms with Crippen LogP contribution in [0.4, 0.5) is 0 Å². The molecule has 0 fully saturated rings. The fourth-order valence-electron chi connectivity index (χ4n) is 2.64. The third-order valence-corrected chi connectivity index (χ3v) is 4.75. The topological polar surface area (TPSA) is 77.2 Å². The summed E-state index contributed by atoms with van der Waals surface area (Å²) in [4.78, 5) is 16.8. The van der Waals surface area contributed by atoms with Gasteiger partial charge in [-0.2, -0.15) is 0 Å². The molecule has 0 aliphatic rings. The van der Waals surface area contributed by atoms with Crippen LogP contribution in [0.2, 0.25) is 0 Å². The van der Waals surface area contributed by atoms with Crippen LogP contribution in [0.3, 0.4) is 0 Å². The maximum atomic E-state index is 11.6. The van der Waals surface area contributed by atoms with Crippen molar-refractivity contribution in [2.75, 3.05) is 13.6 Å². The van der Waals surface area contributed by atoms with Gasteiger partial charge in [-0.3, -0.25) is 9.78 Å². The number of amides is 1. The van der Waals surface area contributed by atoms with Crippen LogP contribution in [0.15, 0.2) is 48.0 Å². The molecule has 2 heterocycles. The van der Waals surface area contributed by atoms with Crippen molar-refractivity contribution in [3.05, 3.63) is 58.5 Å². The van der Waals surface area contributed by atoms with Crippen LogP contribution in [0, 0.1) is 0 Å². The Morgan fingerprint density at radius 1 is 1.29 bits per heavy atom. The lowest BCUT2D eigenvalue weighted by Crippen LogP contribution is -2.16. The highest BCUT2D eigenvalue weighted by Crippen LogP contribution is 2.33. The molecule has 124 valence electrons. The highest BCUT2D eigenvalue weighted by atomic mass is 32.1. The van der Waals surface area contributed by atoms with Gasteiger partial charge in [0, 0.05) is 28.3 Å². The molecular formula is C18H19N3O2S. The first-order valence-corrected chi connectivity index (χ1v) is 8.61. The molecule has 24 heavy (non-hydrogen) atoms. The molecule has 0 saturated heterocycles. The number of nitrogens with one attached hydrogen (secondary N) is 1. The Morgan fingerprint density at radius 3 is 2.88 bits per heavy atom. The number of carbonyl (C=O) groups excluding carboxylic acids is 1. The summed E-state index contributed by atoms with van der Waals surface area (Å²) < 4.78 is 6.30. The van der Waals surface area contributed by atoms with Gasteiger partial charge in [0.25, 0.3) is 5.91 Å². The van der Waals surface area contributed by atoms with Crippen molar-refractivity contribution in [2.24, 2.45) is 5.73 Å². The van der Waals surface area contributed by atoms with E-state index in [0.717, 1.165) is 24.1 Å². The summed E-state index contributed by atoms with van der Waals surface area (Å²) in [5, 5.41) is 6.75. The predicted octanol–water partition coefficient (Wildman–Crippen LogP) is 3.12. The molecule has 1 aromatic carbocycles. The maximum Gasteiger partial charge on any atom is 0.267 e. The first-order chi connectivity index (χ1) is 11.7. The van der Waals surface area contributed by atoms with Crippen molar-refractivity contribution in [3.8, 4) is 5.75 Å². The van der Waals surface area contributed by atoms with Crippen molar-refractivity contribution >= 4 is 28.0 Å². The Kier molecular flexibility index (Phi) is 5.08. The Bertz CT molecular complexity index is 833. The number of fused-ring (bicyclic) bond motifs is 1. The van der Waals surface area contributed by atoms with Crippen LogP contribution < -0.4 is 15.8 Å². The number of benzene rings is 1. The SMILES string of the molecule is CNCCC(Oc1cccc2c(C(N)=O)nccc12)c1cccs1. The smallest absolute Gasteiger partial charge is 0.267 e. The van der Waals surface area contributed by atoms with Crippen molar-refractivity contribution in [2.45, 2.75) is 12.5 Å². The normalized spacial score (nSPS) is 12.2. The van der Waals surface area contributed by atoms with E-state index in [4.69, 9.17) is 10.5 Å². The van der Waals surface area contributed by atoms with E-state index in [-0.39, 0.29) is 11.8 Å². The minimum absolute atomic E-state index is 0.0479. The standard InChI is InChI=1S/C18H19N3O2S/c1-20-9-8-15(16-6-3-11-24-16)23-14-5-2-4-13-12(14)7-10-21-17(13)18(19)22/h2-7,10-11,15,20H,8-9H2,1H3,(H2,19,22). The van der Waals surface area contributed by atoms with E-state index in [1.165, 1.54) is 4.88 Å². The number of rotatable bonds is 7. The molecule has 0 radical (unpaired) electrons. The average molecular weight is 341 g/mol. The average Bonchev–Trinajstić information content (AvgIpc) is 3.12. The summed E-state index contributed by atoms with van der Waals surface area (Å²) in [5.41, 5.74) is 5.69. The minimum Gasteiger partial charge on any atom is -0.484 e. The van der Waals surface area contributed by atoms with Crippen LogP contribution in [0.5, 0.6) is 5.75 Å². The summed E-state index contributed by atoms with van der Waals surface area (Å²) in [6.45, 7) is 0.849. The molecule has 3 N–H and O–H groups in total. The summed E-state index contributed by atoms with van der Waals surface area (Å²) in [6, 6.07) is 11.5. The third-order valence-electron chi connectivity index (χ3n) is 3.79. The first-order valence-electron chi connectivity index (χ1n) is 7.73. The third kappa shape index (κ3) is 3.39. The number of hydrogen-bond acceptors (Lipinski definition) is 5. The van der Waals surface area contributed by atoms with Gasteiger partial charge in [-0.25, -0.2) is 0 Å². The van der Waals surface area contributed by atoms with E-state index in [9.17, 15) is 4.79 Å². The Morgan fingerprint density at radius 2 is 2.17 bits per heavy atom. The van der Waals surface area contributed by atoms with Crippen LogP contribution in [-0.2, 0) is 0 Å². The fourth-order valence-corrected chi connectivity index (χ4v) is 3.43. The van der Waals surface area contributed by atoms with E-state index in [2.05, 4.69) is 16.4 Å². The molecule has 3 aromatic rings. The van der Waals surface area contributed by atoms with Gasteiger partial charge in [-0.05, 0) is 37.2 Å². The van der Waals surface area contributed by atoms with Gasteiger partial charge in [0.05, 0.1) is 0 Å². The van der Waals surface area contributed by atoms with Crippen molar-refractivity contribution in [1.29, 1.82) is 0 Å². The van der Waals surface area contributed by atoms with Crippen LogP contribution in [0.25, 0.3) is 10.8 Å². The molecule has 5 nitrogen and oxygen atoms in total. The van der Waals surface area contributed by atoms with E-state index in [1.54, 1.807) is 17.5 Å². The summed E-state index contributed by atoms with van der Waals surface area (Å²) >= 11 is 1.67. The molecule has 6 heteroatoms. The molecule has 2 aromatic heterocycles. The molecule has 1 amide bonds. The predicted molar refractivity (Wildman–Crippen MR) is 96.5 cm³/mol. The lowest BCUT2D eigenvalue weighted by molar-refractivity contribution is 0.0997. The summed E-state index contributed by atoms with van der Waals surface area (Å²) in [5.74, 6) is 0.189. The number of nitrogens with zero attached hydrogens (tertiary/aromatic N) is 1. The zero-order valence-electron chi connectivity index (χ0n) is 13.4. The molecule has 0 aliphatic heterocycles. The zero-order chi connectivity index (χ0) is 16.9. The van der Waals surface area contributed by atoms with Gasteiger partial charge >= 0.3 is 0 Å². The molecule has 0 saturated carbocycles. The van der Waals surface area contributed by atoms with Gasteiger partial charge in [0.15, 0.2) is 0 Å². The fraction of sp³-hybridized carbons (Fsp3) is 0.222. The molecule has 0 spiro atoms. The Labute approximate surface area is 144 Å². The van der Waals surface area contributed by atoms with Crippen LogP contribution >= 0.6 is 11.3 Å². The maximum absolute atomic E-state index is 11.6.